The van der Waals surface area contributed by atoms with Crippen molar-refractivity contribution in [3.8, 4) is 0 Å². The summed E-state index contributed by atoms with van der Waals surface area (Å²) < 4.78 is 0. The van der Waals surface area contributed by atoms with E-state index in [2.05, 4.69) is 33.1 Å². The first kappa shape index (κ1) is 15.8. The van der Waals surface area contributed by atoms with Crippen LogP contribution in [0.25, 0.3) is 0 Å². The largest absolute Gasteiger partial charge is 0.0716 e. The highest BCUT2D eigenvalue weighted by atomic mass is 28.3. The van der Waals surface area contributed by atoms with E-state index in [4.69, 9.17) is 0 Å². The standard InChI is InChI=1S/C17H36Si2/c1-6-14-10-11-16(12-14)18(2)17-9-7-8-15(17)13-19(3,4)5/h14-18H,6-13H2,1-5H3. The molecular weight excluding hydrogens is 260 g/mol. The van der Waals surface area contributed by atoms with Crippen LogP contribution in [0.3, 0.4) is 0 Å². The van der Waals surface area contributed by atoms with Gasteiger partial charge < -0.3 is 0 Å². The molecule has 0 saturated heterocycles. The molecule has 2 heteroatoms. The van der Waals surface area contributed by atoms with E-state index in [0.717, 1.165) is 11.8 Å². The first-order chi connectivity index (χ1) is 8.90. The van der Waals surface area contributed by atoms with Gasteiger partial charge in [0.05, 0.1) is 0 Å². The molecule has 0 heterocycles. The van der Waals surface area contributed by atoms with E-state index < -0.39 is 16.9 Å². The fourth-order valence-electron chi connectivity index (χ4n) is 5.11. The summed E-state index contributed by atoms with van der Waals surface area (Å²) >= 11 is 0. The molecule has 112 valence electrons. The molecule has 0 amide bonds. The lowest BCUT2D eigenvalue weighted by molar-refractivity contribution is 0.527. The fourth-order valence-corrected chi connectivity index (χ4v) is 11.6. The van der Waals surface area contributed by atoms with Gasteiger partial charge in [-0.25, -0.2) is 0 Å². The van der Waals surface area contributed by atoms with Crippen molar-refractivity contribution in [3.63, 3.8) is 0 Å². The average Bonchev–Trinajstić information content (AvgIpc) is 2.94. The Morgan fingerprint density at radius 1 is 1.05 bits per heavy atom. The molecule has 0 bridgehead atoms. The third kappa shape index (κ3) is 4.20. The molecule has 0 aliphatic heterocycles. The van der Waals surface area contributed by atoms with Crippen molar-refractivity contribution in [3.05, 3.63) is 0 Å². The fraction of sp³-hybridized carbons (Fsp3) is 1.00. The van der Waals surface area contributed by atoms with Crippen LogP contribution in [0.4, 0.5) is 0 Å². The number of hydrogen-bond donors (Lipinski definition) is 0. The lowest BCUT2D eigenvalue weighted by atomic mass is 10.1. The van der Waals surface area contributed by atoms with Crippen LogP contribution >= 0.6 is 0 Å². The van der Waals surface area contributed by atoms with Crippen molar-refractivity contribution < 1.29 is 0 Å². The zero-order valence-electron chi connectivity index (χ0n) is 14.0. The summed E-state index contributed by atoms with van der Waals surface area (Å²) in [6.45, 7) is 12.9. The molecule has 0 nitrogen and oxygen atoms in total. The molecule has 0 radical (unpaired) electrons. The Labute approximate surface area is 124 Å². The monoisotopic (exact) mass is 296 g/mol. The topological polar surface area (TPSA) is 0 Å². The molecule has 19 heavy (non-hydrogen) atoms. The van der Waals surface area contributed by atoms with Crippen LogP contribution in [0.1, 0.15) is 51.9 Å². The third-order valence-electron chi connectivity index (χ3n) is 6.17. The lowest BCUT2D eigenvalue weighted by Gasteiger charge is -2.32. The van der Waals surface area contributed by atoms with Crippen LogP contribution < -0.4 is 0 Å². The van der Waals surface area contributed by atoms with Crippen LogP contribution in [0, 0.1) is 11.8 Å². The van der Waals surface area contributed by atoms with Crippen molar-refractivity contribution >= 4 is 16.9 Å². The minimum absolute atomic E-state index is 0.485. The van der Waals surface area contributed by atoms with Crippen molar-refractivity contribution in [2.45, 2.75) is 95.2 Å². The Morgan fingerprint density at radius 2 is 1.79 bits per heavy atom. The summed E-state index contributed by atoms with van der Waals surface area (Å²) in [5, 5.41) is 0. The van der Waals surface area contributed by atoms with Gasteiger partial charge in [-0.05, 0) is 22.9 Å². The Morgan fingerprint density at radius 3 is 2.37 bits per heavy atom. The Bertz CT molecular complexity index is 281. The highest BCUT2D eigenvalue weighted by molar-refractivity contribution is 6.76. The molecule has 2 aliphatic rings. The third-order valence-corrected chi connectivity index (χ3v) is 12.2. The zero-order chi connectivity index (χ0) is 14.0. The number of hydrogen-bond acceptors (Lipinski definition) is 0. The van der Waals surface area contributed by atoms with Crippen molar-refractivity contribution in [1.82, 2.24) is 0 Å². The summed E-state index contributed by atoms with van der Waals surface area (Å²) in [4.78, 5) is 0. The minimum atomic E-state index is -0.848. The maximum absolute atomic E-state index is 2.75. The predicted molar refractivity (Wildman–Crippen MR) is 93.6 cm³/mol. The summed E-state index contributed by atoms with van der Waals surface area (Å²) in [5.41, 5.74) is 2.42. The normalized spacial score (nSPS) is 37.7. The average molecular weight is 297 g/mol. The molecule has 0 spiro atoms. The molecular formula is C17H36Si2. The van der Waals surface area contributed by atoms with E-state index in [1.807, 2.05) is 0 Å². The van der Waals surface area contributed by atoms with Gasteiger partial charge in [-0.15, -0.1) is 0 Å². The molecule has 2 fully saturated rings. The maximum Gasteiger partial charge on any atom is 0.0445 e. The Hall–Kier alpha value is 0.434. The van der Waals surface area contributed by atoms with Crippen LogP contribution in [-0.4, -0.2) is 16.9 Å². The SMILES string of the molecule is CCC1CCC([SiH](C)C2CCCC2C[Si](C)(C)C)C1. The quantitative estimate of drug-likeness (QED) is 0.551. The summed E-state index contributed by atoms with van der Waals surface area (Å²) in [7, 11) is -1.33. The summed E-state index contributed by atoms with van der Waals surface area (Å²) in [6.07, 6.45) is 11.0. The van der Waals surface area contributed by atoms with Crippen LogP contribution in [0.15, 0.2) is 0 Å². The highest BCUT2D eigenvalue weighted by Gasteiger charge is 2.39. The van der Waals surface area contributed by atoms with Crippen molar-refractivity contribution in [2.24, 2.45) is 11.8 Å². The molecule has 0 aromatic carbocycles. The molecule has 2 rings (SSSR count). The predicted octanol–water partition coefficient (Wildman–Crippen LogP) is 5.93. The van der Waals surface area contributed by atoms with E-state index in [1.54, 1.807) is 44.6 Å². The molecule has 0 N–H and O–H groups in total. The summed E-state index contributed by atoms with van der Waals surface area (Å²) in [6, 6.07) is 1.62. The minimum Gasteiger partial charge on any atom is -0.0716 e. The molecule has 5 unspecified atom stereocenters. The van der Waals surface area contributed by atoms with E-state index in [-0.39, 0.29) is 0 Å². The van der Waals surface area contributed by atoms with Gasteiger partial charge in [0.1, 0.15) is 0 Å². The van der Waals surface area contributed by atoms with E-state index in [0.29, 0.717) is 0 Å². The van der Waals surface area contributed by atoms with Gasteiger partial charge in [0.25, 0.3) is 0 Å². The highest BCUT2D eigenvalue weighted by Crippen LogP contribution is 2.50. The number of rotatable bonds is 5. The molecule has 5 atom stereocenters. The van der Waals surface area contributed by atoms with E-state index >= 15 is 0 Å². The first-order valence-corrected chi connectivity index (χ1v) is 15.1. The summed E-state index contributed by atoms with van der Waals surface area (Å²) in [5.74, 6) is 2.24. The van der Waals surface area contributed by atoms with Crippen molar-refractivity contribution in [2.75, 3.05) is 0 Å². The van der Waals surface area contributed by atoms with Crippen LogP contribution in [-0.2, 0) is 0 Å². The molecule has 2 saturated carbocycles. The van der Waals surface area contributed by atoms with Gasteiger partial charge in [0.2, 0.25) is 0 Å². The first-order valence-electron chi connectivity index (χ1n) is 8.90. The second kappa shape index (κ2) is 6.47. The van der Waals surface area contributed by atoms with Gasteiger partial charge in [-0.3, -0.25) is 0 Å². The van der Waals surface area contributed by atoms with Crippen LogP contribution in [0.2, 0.25) is 43.3 Å². The Kier molecular flexibility index (Phi) is 5.38. The second-order valence-electron chi connectivity index (χ2n) is 8.83. The van der Waals surface area contributed by atoms with E-state index in [1.165, 1.54) is 17.5 Å². The lowest BCUT2D eigenvalue weighted by Crippen LogP contribution is -2.30. The van der Waals surface area contributed by atoms with Gasteiger partial charge >= 0.3 is 0 Å². The van der Waals surface area contributed by atoms with Gasteiger partial charge in [-0.1, -0.05) is 84.1 Å². The maximum atomic E-state index is 2.75. The molecule has 2 aliphatic carbocycles. The second-order valence-corrected chi connectivity index (χ2v) is 17.9. The smallest absolute Gasteiger partial charge is 0.0445 e. The molecule has 0 aromatic heterocycles. The van der Waals surface area contributed by atoms with Gasteiger partial charge in [0.15, 0.2) is 0 Å². The Balaban J connectivity index is 1.92. The van der Waals surface area contributed by atoms with E-state index in [9.17, 15) is 0 Å². The molecule has 0 aromatic rings. The van der Waals surface area contributed by atoms with Gasteiger partial charge in [-0.2, -0.15) is 0 Å². The van der Waals surface area contributed by atoms with Gasteiger partial charge in [0, 0.05) is 16.9 Å². The van der Waals surface area contributed by atoms with Crippen LogP contribution in [0.5, 0.6) is 0 Å². The zero-order valence-corrected chi connectivity index (χ0v) is 16.2. The van der Waals surface area contributed by atoms with Crippen molar-refractivity contribution in [1.29, 1.82) is 0 Å².